The van der Waals surface area contributed by atoms with Crippen LogP contribution in [0.4, 0.5) is 0 Å². The molecule has 2 aromatic carbocycles. The van der Waals surface area contributed by atoms with Crippen LogP contribution in [0.25, 0.3) is 0 Å². The van der Waals surface area contributed by atoms with Gasteiger partial charge in [0, 0.05) is 41.4 Å². The second-order valence-electron chi connectivity index (χ2n) is 8.98. The van der Waals surface area contributed by atoms with Crippen LogP contribution in [-0.2, 0) is 19.1 Å². The summed E-state index contributed by atoms with van der Waals surface area (Å²) in [5.74, 6) is -1.09. The Labute approximate surface area is 229 Å². The summed E-state index contributed by atoms with van der Waals surface area (Å²) in [6, 6.07) is 10.9. The van der Waals surface area contributed by atoms with Crippen LogP contribution < -0.4 is 10.1 Å². The lowest BCUT2D eigenvalue weighted by molar-refractivity contribution is -0.140. The molecule has 2 N–H and O–H groups in total. The molecule has 1 heterocycles. The van der Waals surface area contributed by atoms with Crippen molar-refractivity contribution in [3.8, 4) is 11.5 Å². The van der Waals surface area contributed by atoms with Crippen molar-refractivity contribution in [3.05, 3.63) is 79.6 Å². The zero-order valence-corrected chi connectivity index (χ0v) is 23.2. The fraction of sp³-hybridized carbons (Fsp3) is 0.357. The molecule has 0 saturated carbocycles. The molecular weight excluding hydrogens is 562 g/mol. The van der Waals surface area contributed by atoms with Crippen molar-refractivity contribution in [3.63, 3.8) is 0 Å². The summed E-state index contributed by atoms with van der Waals surface area (Å²) in [4.78, 5) is 27.1. The molecule has 2 aromatic rings. The van der Waals surface area contributed by atoms with Gasteiger partial charge < -0.3 is 24.6 Å². The topological polar surface area (TPSA) is 94.1 Å². The Kier molecular flexibility index (Phi) is 8.62. The molecule has 0 spiro atoms. The van der Waals surface area contributed by atoms with Gasteiger partial charge in [0.05, 0.1) is 23.3 Å². The van der Waals surface area contributed by atoms with Crippen LogP contribution in [0.15, 0.2) is 63.4 Å². The molecule has 37 heavy (non-hydrogen) atoms. The van der Waals surface area contributed by atoms with E-state index in [9.17, 15) is 14.7 Å². The number of phenolic OH excluding ortho intramolecular Hbond substituents is 1. The molecule has 2 atom stereocenters. The third-order valence-corrected chi connectivity index (χ3v) is 7.45. The number of ketones is 1. The Bertz CT molecular complexity index is 1270. The molecule has 0 amide bonds. The van der Waals surface area contributed by atoms with Crippen LogP contribution in [0, 0.1) is 0 Å². The van der Waals surface area contributed by atoms with E-state index < -0.39 is 11.9 Å². The molecule has 0 unspecified atom stereocenters. The molecule has 1 aliphatic carbocycles. The molecule has 0 fully saturated rings. The number of esters is 1. The largest absolute Gasteiger partial charge is 0.503 e. The number of methoxy groups -OCH3 is 1. The Morgan fingerprint density at radius 2 is 1.89 bits per heavy atom. The first kappa shape index (κ1) is 27.2. The molecule has 9 heteroatoms. The number of rotatable bonds is 8. The van der Waals surface area contributed by atoms with Gasteiger partial charge in [-0.15, -0.1) is 0 Å². The van der Waals surface area contributed by atoms with Crippen molar-refractivity contribution in [1.82, 2.24) is 5.32 Å². The summed E-state index contributed by atoms with van der Waals surface area (Å²) in [6.07, 6.45) is 0.890. The predicted octanol–water partition coefficient (Wildman–Crippen LogP) is 5.76. The van der Waals surface area contributed by atoms with E-state index in [0.717, 1.165) is 11.3 Å². The van der Waals surface area contributed by atoms with Gasteiger partial charge in [-0.1, -0.05) is 23.7 Å². The van der Waals surface area contributed by atoms with Crippen LogP contribution in [0.1, 0.15) is 49.7 Å². The van der Waals surface area contributed by atoms with Crippen molar-refractivity contribution in [2.24, 2.45) is 0 Å². The van der Waals surface area contributed by atoms with Crippen LogP contribution >= 0.6 is 27.5 Å². The lowest BCUT2D eigenvalue weighted by Crippen LogP contribution is -2.36. The highest BCUT2D eigenvalue weighted by Crippen LogP contribution is 2.48. The van der Waals surface area contributed by atoms with Crippen molar-refractivity contribution in [2.45, 2.75) is 38.5 Å². The van der Waals surface area contributed by atoms with Crippen LogP contribution in [-0.4, -0.2) is 43.8 Å². The fourth-order valence-corrected chi connectivity index (χ4v) is 5.52. The average molecular weight is 591 g/mol. The number of benzene rings is 2. The molecule has 0 saturated heterocycles. The second-order valence-corrected chi connectivity index (χ2v) is 10.3. The van der Waals surface area contributed by atoms with Crippen molar-refractivity contribution < 1.29 is 28.9 Å². The summed E-state index contributed by atoms with van der Waals surface area (Å²) >= 11 is 9.47. The van der Waals surface area contributed by atoms with Gasteiger partial charge in [-0.25, -0.2) is 4.79 Å². The number of halogens is 2. The average Bonchev–Trinajstić information content (AvgIpc) is 2.86. The molecule has 0 aromatic heterocycles. The number of ether oxygens (including phenoxy) is 3. The molecule has 1 aliphatic heterocycles. The molecule has 7 nitrogen and oxygen atoms in total. The minimum absolute atomic E-state index is 0.0230. The summed E-state index contributed by atoms with van der Waals surface area (Å²) in [5, 5.41) is 14.5. The zero-order valence-electron chi connectivity index (χ0n) is 20.9. The van der Waals surface area contributed by atoms with E-state index >= 15 is 0 Å². The van der Waals surface area contributed by atoms with Crippen LogP contribution in [0.2, 0.25) is 5.02 Å². The molecule has 0 radical (unpaired) electrons. The van der Waals surface area contributed by atoms with Gasteiger partial charge in [0.2, 0.25) is 0 Å². The standard InChI is InChI=1S/C28H29BrClNO6/c1-4-36-23-14-18(11-20(29)27(23)33)25-24(28(34)37-10-9-35-3)15(2)31-21-12-17(13-22(32)26(21)25)16-5-7-19(30)8-6-16/h5-8,11,14,17,25,31,33H,4,9-10,12-13H2,1-3H3/t17-,25+/m0/s1. The van der Waals surface area contributed by atoms with Gasteiger partial charge in [0.15, 0.2) is 17.3 Å². The first-order valence-corrected chi connectivity index (χ1v) is 13.2. The van der Waals surface area contributed by atoms with Crippen molar-refractivity contribution in [1.29, 1.82) is 0 Å². The number of aromatic hydroxyl groups is 1. The Morgan fingerprint density at radius 3 is 2.57 bits per heavy atom. The highest BCUT2D eigenvalue weighted by atomic mass is 79.9. The highest BCUT2D eigenvalue weighted by Gasteiger charge is 2.42. The maximum Gasteiger partial charge on any atom is 0.336 e. The first-order chi connectivity index (χ1) is 17.7. The lowest BCUT2D eigenvalue weighted by atomic mass is 9.71. The third kappa shape index (κ3) is 5.71. The smallest absolute Gasteiger partial charge is 0.336 e. The predicted molar refractivity (Wildman–Crippen MR) is 144 cm³/mol. The van der Waals surface area contributed by atoms with Gasteiger partial charge in [0.25, 0.3) is 0 Å². The Hall–Kier alpha value is -2.81. The number of phenols is 1. The van der Waals surface area contributed by atoms with E-state index in [1.807, 2.05) is 31.2 Å². The zero-order chi connectivity index (χ0) is 26.7. The number of hydrogen-bond acceptors (Lipinski definition) is 7. The number of hydrogen-bond donors (Lipinski definition) is 2. The maximum absolute atomic E-state index is 13.7. The summed E-state index contributed by atoms with van der Waals surface area (Å²) in [5.41, 5.74) is 3.91. The number of dihydropyridines is 1. The number of Topliss-reactive ketones (excluding diaryl/α,β-unsaturated/α-hetero) is 1. The van der Waals surface area contributed by atoms with Gasteiger partial charge >= 0.3 is 5.97 Å². The highest BCUT2D eigenvalue weighted by molar-refractivity contribution is 9.10. The van der Waals surface area contributed by atoms with E-state index in [-0.39, 0.29) is 36.4 Å². The summed E-state index contributed by atoms with van der Waals surface area (Å²) in [7, 11) is 1.53. The van der Waals surface area contributed by atoms with Gasteiger partial charge in [-0.05, 0) is 77.5 Å². The van der Waals surface area contributed by atoms with Gasteiger partial charge in [-0.3, -0.25) is 4.79 Å². The number of carbonyl (C=O) groups excluding carboxylic acids is 2. The Morgan fingerprint density at radius 1 is 1.16 bits per heavy atom. The monoisotopic (exact) mass is 589 g/mol. The van der Waals surface area contributed by atoms with Crippen LogP contribution in [0.3, 0.4) is 0 Å². The third-order valence-electron chi connectivity index (χ3n) is 6.59. The molecular formula is C28H29BrClNO6. The van der Waals surface area contributed by atoms with E-state index in [1.54, 1.807) is 19.1 Å². The maximum atomic E-state index is 13.7. The quantitative estimate of drug-likeness (QED) is 0.298. The number of nitrogens with one attached hydrogen (secondary N) is 1. The molecule has 196 valence electrons. The van der Waals surface area contributed by atoms with Crippen LogP contribution in [0.5, 0.6) is 11.5 Å². The lowest BCUT2D eigenvalue weighted by Gasteiger charge is -2.37. The Balaban J connectivity index is 1.81. The minimum atomic E-state index is -0.693. The minimum Gasteiger partial charge on any atom is -0.503 e. The second kappa shape index (κ2) is 11.7. The SMILES string of the molecule is CCOc1cc([C@@H]2C(C(=O)OCCOC)=C(C)NC3=C2C(=O)C[C@@H](c2ccc(Cl)cc2)C3)cc(Br)c1O. The first-order valence-electron chi connectivity index (χ1n) is 12.1. The van der Waals surface area contributed by atoms with Gasteiger partial charge in [-0.2, -0.15) is 0 Å². The van der Waals surface area contributed by atoms with Crippen molar-refractivity contribution >= 4 is 39.3 Å². The molecule has 4 rings (SSSR count). The molecule has 0 bridgehead atoms. The number of allylic oxidation sites excluding steroid dienone is 3. The summed E-state index contributed by atoms with van der Waals surface area (Å²) < 4.78 is 16.6. The van der Waals surface area contributed by atoms with E-state index in [4.69, 9.17) is 25.8 Å². The summed E-state index contributed by atoms with van der Waals surface area (Å²) in [6.45, 7) is 4.30. The van der Waals surface area contributed by atoms with E-state index in [0.29, 0.717) is 51.4 Å². The van der Waals surface area contributed by atoms with E-state index in [1.165, 1.54) is 7.11 Å². The normalized spacial score (nSPS) is 19.4. The fourth-order valence-electron chi connectivity index (χ4n) is 4.94. The van der Waals surface area contributed by atoms with E-state index in [2.05, 4.69) is 21.2 Å². The van der Waals surface area contributed by atoms with Crippen molar-refractivity contribution in [2.75, 3.05) is 26.9 Å². The van der Waals surface area contributed by atoms with Gasteiger partial charge in [0.1, 0.15) is 6.61 Å². The number of carbonyl (C=O) groups is 2. The molecule has 2 aliphatic rings.